The first-order chi connectivity index (χ1) is 12.1. The van der Waals surface area contributed by atoms with Crippen LogP contribution in [0.15, 0.2) is 66.4 Å². The summed E-state index contributed by atoms with van der Waals surface area (Å²) < 4.78 is 30.5. The van der Waals surface area contributed by atoms with E-state index in [0.717, 1.165) is 18.4 Å². The Morgan fingerprint density at radius 2 is 1.64 bits per heavy atom. The number of benzene rings is 2. The second kappa shape index (κ2) is 9.33. The Morgan fingerprint density at radius 3 is 2.28 bits per heavy atom. The first-order valence-electron chi connectivity index (χ1n) is 8.61. The lowest BCUT2D eigenvalue weighted by Gasteiger charge is -2.21. The third-order valence-corrected chi connectivity index (χ3v) is 4.85. The molecule has 0 aliphatic carbocycles. The SMILES string of the molecule is CC/C=C(/CC)OP(=O)(Oc1ccccc1)Oc1ccccc1CC. The molecular weight excluding hydrogens is 335 g/mol. The molecule has 4 nitrogen and oxygen atoms in total. The van der Waals surface area contributed by atoms with Crippen molar-refractivity contribution >= 4 is 7.82 Å². The van der Waals surface area contributed by atoms with Crippen LogP contribution in [-0.2, 0) is 15.5 Å². The maximum atomic E-state index is 13.4. The third kappa shape index (κ3) is 5.68. The van der Waals surface area contributed by atoms with Crippen LogP contribution in [0.3, 0.4) is 0 Å². The van der Waals surface area contributed by atoms with E-state index in [1.165, 1.54) is 0 Å². The number of aryl methyl sites for hydroxylation is 1. The van der Waals surface area contributed by atoms with E-state index in [2.05, 4.69) is 0 Å². The van der Waals surface area contributed by atoms with E-state index in [0.29, 0.717) is 23.7 Å². The van der Waals surface area contributed by atoms with Crippen molar-refractivity contribution in [1.82, 2.24) is 0 Å². The van der Waals surface area contributed by atoms with Crippen molar-refractivity contribution in [3.8, 4) is 11.5 Å². The first kappa shape index (κ1) is 19.1. The minimum absolute atomic E-state index is 0.437. The molecule has 0 saturated heterocycles. The molecule has 5 heteroatoms. The van der Waals surface area contributed by atoms with Gasteiger partial charge in [0.05, 0.1) is 0 Å². The van der Waals surface area contributed by atoms with Crippen LogP contribution < -0.4 is 9.05 Å². The number of phosphoric acid groups is 1. The van der Waals surface area contributed by atoms with E-state index in [1.807, 2.05) is 63.2 Å². The van der Waals surface area contributed by atoms with Crippen LogP contribution in [0.1, 0.15) is 39.2 Å². The topological polar surface area (TPSA) is 44.8 Å². The van der Waals surface area contributed by atoms with Gasteiger partial charge in [0.15, 0.2) is 0 Å². The Bertz CT molecular complexity index is 740. The predicted molar refractivity (Wildman–Crippen MR) is 101 cm³/mol. The maximum Gasteiger partial charge on any atom is 0.646 e. The van der Waals surface area contributed by atoms with Gasteiger partial charge < -0.3 is 13.6 Å². The Labute approximate surface area is 150 Å². The summed E-state index contributed by atoms with van der Waals surface area (Å²) in [5.41, 5.74) is 0.945. The van der Waals surface area contributed by atoms with Gasteiger partial charge >= 0.3 is 7.82 Å². The number of hydrogen-bond donors (Lipinski definition) is 0. The second-order valence-corrected chi connectivity index (χ2v) is 6.87. The third-order valence-electron chi connectivity index (χ3n) is 3.53. The maximum absolute atomic E-state index is 13.4. The number of hydrogen-bond acceptors (Lipinski definition) is 4. The fraction of sp³-hybridized carbons (Fsp3) is 0.300. The molecule has 25 heavy (non-hydrogen) atoms. The van der Waals surface area contributed by atoms with E-state index >= 15 is 0 Å². The zero-order chi connectivity index (χ0) is 18.1. The summed E-state index contributed by atoms with van der Waals surface area (Å²) in [4.78, 5) is 0. The largest absolute Gasteiger partial charge is 0.646 e. The zero-order valence-electron chi connectivity index (χ0n) is 15.0. The average molecular weight is 360 g/mol. The first-order valence-corrected chi connectivity index (χ1v) is 10.1. The summed E-state index contributed by atoms with van der Waals surface area (Å²) in [5.74, 6) is 1.54. The Morgan fingerprint density at radius 1 is 0.960 bits per heavy atom. The summed E-state index contributed by atoms with van der Waals surface area (Å²) in [5, 5.41) is 0. The van der Waals surface area contributed by atoms with Crippen molar-refractivity contribution in [3.05, 3.63) is 72.0 Å². The lowest BCUT2D eigenvalue weighted by atomic mass is 10.1. The Kier molecular flexibility index (Phi) is 7.15. The highest BCUT2D eigenvalue weighted by Crippen LogP contribution is 2.52. The fourth-order valence-electron chi connectivity index (χ4n) is 2.29. The van der Waals surface area contributed by atoms with E-state index in [4.69, 9.17) is 13.6 Å². The van der Waals surface area contributed by atoms with Crippen LogP contribution in [0, 0.1) is 0 Å². The minimum atomic E-state index is -3.87. The molecule has 0 spiro atoms. The van der Waals surface area contributed by atoms with Crippen LogP contribution in [0.25, 0.3) is 0 Å². The van der Waals surface area contributed by atoms with Crippen LogP contribution >= 0.6 is 7.82 Å². The van der Waals surface area contributed by atoms with Crippen molar-refractivity contribution < 1.29 is 18.1 Å². The lowest BCUT2D eigenvalue weighted by molar-refractivity contribution is 0.251. The van der Waals surface area contributed by atoms with Gasteiger partial charge in [0.2, 0.25) is 0 Å². The number of allylic oxidation sites excluding steroid dienone is 2. The van der Waals surface area contributed by atoms with Gasteiger partial charge in [0.25, 0.3) is 0 Å². The predicted octanol–water partition coefficient (Wildman–Crippen LogP) is 6.54. The summed E-state index contributed by atoms with van der Waals surface area (Å²) in [6.07, 6.45) is 4.03. The number of phosphoric ester groups is 1. The number of para-hydroxylation sites is 2. The standard InChI is InChI=1S/C20H25O4P/c1-4-12-18(6-3)22-25(21,23-19-14-8-7-9-15-19)24-20-16-11-10-13-17(20)5-2/h7-16H,4-6H2,1-3H3/b18-12-. The molecule has 0 radical (unpaired) electrons. The van der Waals surface area contributed by atoms with Gasteiger partial charge in [-0.05, 0) is 42.7 Å². The van der Waals surface area contributed by atoms with Gasteiger partial charge in [-0.25, -0.2) is 0 Å². The molecule has 134 valence electrons. The van der Waals surface area contributed by atoms with Gasteiger partial charge in [-0.15, -0.1) is 0 Å². The molecule has 0 amide bonds. The molecule has 0 aliphatic heterocycles. The molecular formula is C20H25O4P. The molecule has 2 aromatic carbocycles. The minimum Gasteiger partial charge on any atom is -0.391 e. The van der Waals surface area contributed by atoms with E-state index in [9.17, 15) is 4.57 Å². The van der Waals surface area contributed by atoms with Gasteiger partial charge in [0.1, 0.15) is 17.3 Å². The molecule has 0 heterocycles. The summed E-state index contributed by atoms with van der Waals surface area (Å²) >= 11 is 0. The van der Waals surface area contributed by atoms with E-state index in [1.54, 1.807) is 18.2 Å². The van der Waals surface area contributed by atoms with E-state index < -0.39 is 7.82 Å². The fourth-order valence-corrected chi connectivity index (χ4v) is 3.69. The molecule has 0 N–H and O–H groups in total. The zero-order valence-corrected chi connectivity index (χ0v) is 15.9. The van der Waals surface area contributed by atoms with E-state index in [-0.39, 0.29) is 0 Å². The van der Waals surface area contributed by atoms with Gasteiger partial charge in [-0.1, -0.05) is 57.2 Å². The van der Waals surface area contributed by atoms with Crippen LogP contribution in [0.4, 0.5) is 0 Å². The van der Waals surface area contributed by atoms with Crippen molar-refractivity contribution in [2.75, 3.05) is 0 Å². The van der Waals surface area contributed by atoms with Crippen LogP contribution in [-0.4, -0.2) is 0 Å². The summed E-state index contributed by atoms with van der Waals surface area (Å²) in [6, 6.07) is 16.4. The molecule has 2 rings (SSSR count). The molecule has 2 aromatic rings. The lowest BCUT2D eigenvalue weighted by Crippen LogP contribution is -2.06. The second-order valence-electron chi connectivity index (χ2n) is 5.43. The van der Waals surface area contributed by atoms with Crippen molar-refractivity contribution in [3.63, 3.8) is 0 Å². The normalized spacial score (nSPS) is 13.8. The van der Waals surface area contributed by atoms with Crippen molar-refractivity contribution in [2.45, 2.75) is 40.0 Å². The number of rotatable bonds is 9. The Balaban J connectivity index is 2.33. The highest BCUT2D eigenvalue weighted by molar-refractivity contribution is 7.49. The van der Waals surface area contributed by atoms with Gasteiger partial charge in [0, 0.05) is 6.42 Å². The molecule has 1 unspecified atom stereocenters. The Hall–Kier alpha value is -2.19. The van der Waals surface area contributed by atoms with Crippen molar-refractivity contribution in [2.24, 2.45) is 0 Å². The molecule has 0 aliphatic rings. The van der Waals surface area contributed by atoms with Gasteiger partial charge in [-0.3, -0.25) is 0 Å². The molecule has 0 aromatic heterocycles. The van der Waals surface area contributed by atoms with Crippen LogP contribution in [0.2, 0.25) is 0 Å². The van der Waals surface area contributed by atoms with Gasteiger partial charge in [-0.2, -0.15) is 4.57 Å². The highest BCUT2D eigenvalue weighted by Gasteiger charge is 2.34. The molecule has 0 fully saturated rings. The monoisotopic (exact) mass is 360 g/mol. The smallest absolute Gasteiger partial charge is 0.391 e. The molecule has 1 atom stereocenters. The quantitative estimate of drug-likeness (QED) is 0.376. The summed E-state index contributed by atoms with van der Waals surface area (Å²) in [7, 11) is -3.87. The molecule has 0 bridgehead atoms. The van der Waals surface area contributed by atoms with Crippen LogP contribution in [0.5, 0.6) is 11.5 Å². The van der Waals surface area contributed by atoms with Crippen molar-refractivity contribution in [1.29, 1.82) is 0 Å². The average Bonchev–Trinajstić information content (AvgIpc) is 2.62. The highest BCUT2D eigenvalue weighted by atomic mass is 31.2. The molecule has 0 saturated carbocycles. The summed E-state index contributed by atoms with van der Waals surface area (Å²) in [6.45, 7) is 5.95.